The van der Waals surface area contributed by atoms with Crippen LogP contribution in [-0.2, 0) is 11.2 Å². The Morgan fingerprint density at radius 2 is 2.16 bits per heavy atom. The van der Waals surface area contributed by atoms with Gasteiger partial charge in [-0.3, -0.25) is 4.79 Å². The van der Waals surface area contributed by atoms with Gasteiger partial charge in [-0.1, -0.05) is 5.92 Å². The monoisotopic (exact) mass is 270 g/mol. The highest BCUT2D eigenvalue weighted by Crippen LogP contribution is 2.38. The minimum Gasteiger partial charge on any atom is -0.481 e. The van der Waals surface area contributed by atoms with Gasteiger partial charge in [-0.2, -0.15) is 13.2 Å². The van der Waals surface area contributed by atoms with Crippen molar-refractivity contribution in [2.24, 2.45) is 5.92 Å². The quantitative estimate of drug-likeness (QED) is 0.796. The van der Waals surface area contributed by atoms with Crippen LogP contribution in [0.4, 0.5) is 13.2 Å². The molecule has 0 saturated heterocycles. The average molecular weight is 270 g/mol. The van der Waals surface area contributed by atoms with Crippen molar-refractivity contribution in [3.05, 3.63) is 29.3 Å². The first kappa shape index (κ1) is 13.3. The predicted molar refractivity (Wildman–Crippen MR) is 59.7 cm³/mol. The van der Waals surface area contributed by atoms with Gasteiger partial charge in [0.15, 0.2) is 0 Å². The van der Waals surface area contributed by atoms with E-state index in [0.717, 1.165) is 0 Å². The molecule has 6 heteroatoms. The molecule has 1 aromatic rings. The van der Waals surface area contributed by atoms with Crippen molar-refractivity contribution in [3.8, 4) is 18.1 Å². The number of halogens is 3. The molecular formula is C13H9F3O3. The number of aliphatic carboxylic acids is 1. The number of benzene rings is 1. The largest absolute Gasteiger partial charge is 0.481 e. The van der Waals surface area contributed by atoms with Crippen LogP contribution in [0.3, 0.4) is 0 Å². The van der Waals surface area contributed by atoms with Gasteiger partial charge in [0.25, 0.3) is 0 Å². The Balaban J connectivity index is 2.42. The van der Waals surface area contributed by atoms with Crippen LogP contribution in [0.5, 0.6) is 5.75 Å². The van der Waals surface area contributed by atoms with E-state index in [-0.39, 0.29) is 12.2 Å². The third-order valence-electron chi connectivity index (χ3n) is 2.93. The highest BCUT2D eigenvalue weighted by atomic mass is 19.4. The lowest BCUT2D eigenvalue weighted by molar-refractivity contribution is -0.217. The highest BCUT2D eigenvalue weighted by Gasteiger charge is 2.52. The zero-order chi connectivity index (χ0) is 14.2. The number of hydrogen-bond acceptors (Lipinski definition) is 2. The second-order valence-electron chi connectivity index (χ2n) is 4.20. The van der Waals surface area contributed by atoms with Crippen LogP contribution in [0, 0.1) is 18.3 Å². The van der Waals surface area contributed by atoms with Gasteiger partial charge in [-0.05, 0) is 30.2 Å². The SMILES string of the molecule is C#Cc1ccc2c(c1)C[C@@H](C(=O)O)[C@@H](C(F)(F)F)O2. The van der Waals surface area contributed by atoms with E-state index in [1.807, 2.05) is 0 Å². The minimum absolute atomic E-state index is 0.0267. The summed E-state index contributed by atoms with van der Waals surface area (Å²) >= 11 is 0. The molecule has 0 saturated carbocycles. The lowest BCUT2D eigenvalue weighted by Gasteiger charge is -2.32. The standard InChI is InChI=1S/C13H9F3O3/c1-2-7-3-4-10-8(5-7)6-9(12(17)18)11(19-10)13(14,15)16/h1,3-5,9,11H,6H2,(H,17,18)/t9-,11+/m1/s1. The average Bonchev–Trinajstić information content (AvgIpc) is 2.35. The summed E-state index contributed by atoms with van der Waals surface area (Å²) in [5.41, 5.74) is 0.847. The first-order chi connectivity index (χ1) is 8.82. The molecule has 0 spiro atoms. The van der Waals surface area contributed by atoms with Crippen molar-refractivity contribution in [2.75, 3.05) is 0 Å². The number of fused-ring (bicyclic) bond motifs is 1. The number of terminal acetylenes is 1. The number of carbonyl (C=O) groups is 1. The summed E-state index contributed by atoms with van der Waals surface area (Å²) in [6.45, 7) is 0. The molecule has 1 heterocycles. The normalized spacial score (nSPS) is 22.0. The molecule has 2 atom stereocenters. The number of rotatable bonds is 1. The van der Waals surface area contributed by atoms with Crippen LogP contribution in [-0.4, -0.2) is 23.4 Å². The van der Waals surface area contributed by atoms with Crippen LogP contribution >= 0.6 is 0 Å². The Bertz CT molecular complexity index is 557. The molecule has 0 aliphatic carbocycles. The molecule has 2 rings (SSSR count). The van der Waals surface area contributed by atoms with Crippen LogP contribution in [0.1, 0.15) is 11.1 Å². The van der Waals surface area contributed by atoms with Crippen molar-refractivity contribution < 1.29 is 27.8 Å². The summed E-state index contributed by atoms with van der Waals surface area (Å²) in [5, 5.41) is 8.90. The Labute approximate surface area is 107 Å². The zero-order valence-electron chi connectivity index (χ0n) is 9.57. The maximum atomic E-state index is 12.8. The van der Waals surface area contributed by atoms with E-state index in [1.165, 1.54) is 18.2 Å². The lowest BCUT2D eigenvalue weighted by Crippen LogP contribution is -2.47. The maximum Gasteiger partial charge on any atom is 0.426 e. The molecule has 0 fully saturated rings. The van der Waals surface area contributed by atoms with Crippen molar-refractivity contribution in [2.45, 2.75) is 18.7 Å². The Kier molecular flexibility index (Phi) is 3.14. The van der Waals surface area contributed by atoms with E-state index in [1.54, 1.807) is 0 Å². The molecule has 0 unspecified atom stereocenters. The maximum absolute atomic E-state index is 12.8. The van der Waals surface area contributed by atoms with Crippen LogP contribution in [0.15, 0.2) is 18.2 Å². The molecule has 0 radical (unpaired) electrons. The lowest BCUT2D eigenvalue weighted by atomic mass is 9.89. The molecule has 1 aliphatic heterocycles. The fourth-order valence-corrected chi connectivity index (χ4v) is 2.02. The van der Waals surface area contributed by atoms with E-state index in [4.69, 9.17) is 16.3 Å². The van der Waals surface area contributed by atoms with Gasteiger partial charge in [0.05, 0.1) is 0 Å². The summed E-state index contributed by atoms with van der Waals surface area (Å²) in [7, 11) is 0. The Morgan fingerprint density at radius 3 is 2.68 bits per heavy atom. The van der Waals surface area contributed by atoms with E-state index < -0.39 is 24.2 Å². The molecule has 0 amide bonds. The molecule has 0 bridgehead atoms. The third-order valence-corrected chi connectivity index (χ3v) is 2.93. The van der Waals surface area contributed by atoms with Gasteiger partial charge in [0, 0.05) is 5.56 Å². The number of carboxylic acids is 1. The van der Waals surface area contributed by atoms with E-state index in [0.29, 0.717) is 11.1 Å². The van der Waals surface area contributed by atoms with Crippen molar-refractivity contribution in [1.82, 2.24) is 0 Å². The topological polar surface area (TPSA) is 46.5 Å². The van der Waals surface area contributed by atoms with Crippen LogP contribution in [0.2, 0.25) is 0 Å². The molecule has 0 aromatic heterocycles. The smallest absolute Gasteiger partial charge is 0.426 e. The second-order valence-corrected chi connectivity index (χ2v) is 4.20. The molecule has 1 aromatic carbocycles. The number of carboxylic acid groups (broad SMARTS) is 1. The highest BCUT2D eigenvalue weighted by molar-refractivity contribution is 5.72. The number of hydrogen-bond donors (Lipinski definition) is 1. The van der Waals surface area contributed by atoms with Gasteiger partial charge in [0.1, 0.15) is 11.7 Å². The zero-order valence-corrected chi connectivity index (χ0v) is 9.57. The summed E-state index contributed by atoms with van der Waals surface area (Å²) < 4.78 is 43.1. The van der Waals surface area contributed by atoms with E-state index >= 15 is 0 Å². The minimum atomic E-state index is -4.73. The number of alkyl halides is 3. The van der Waals surface area contributed by atoms with Gasteiger partial charge in [0.2, 0.25) is 6.10 Å². The Hall–Kier alpha value is -2.16. The van der Waals surface area contributed by atoms with Gasteiger partial charge >= 0.3 is 12.1 Å². The van der Waals surface area contributed by atoms with Crippen molar-refractivity contribution in [1.29, 1.82) is 0 Å². The molecule has 19 heavy (non-hydrogen) atoms. The van der Waals surface area contributed by atoms with Gasteiger partial charge in [-0.25, -0.2) is 0 Å². The molecular weight excluding hydrogens is 261 g/mol. The molecule has 100 valence electrons. The van der Waals surface area contributed by atoms with E-state index in [2.05, 4.69) is 5.92 Å². The third kappa shape index (κ3) is 2.50. The Morgan fingerprint density at radius 1 is 1.47 bits per heavy atom. The molecule has 3 nitrogen and oxygen atoms in total. The summed E-state index contributed by atoms with van der Waals surface area (Å²) in [5.74, 6) is -0.845. The summed E-state index contributed by atoms with van der Waals surface area (Å²) in [6.07, 6.45) is -2.14. The first-order valence-electron chi connectivity index (χ1n) is 5.38. The van der Waals surface area contributed by atoms with Crippen molar-refractivity contribution >= 4 is 5.97 Å². The van der Waals surface area contributed by atoms with Crippen molar-refractivity contribution in [3.63, 3.8) is 0 Å². The van der Waals surface area contributed by atoms with E-state index in [9.17, 15) is 18.0 Å². The predicted octanol–water partition coefficient (Wildman–Crippen LogP) is 2.23. The fraction of sp³-hybridized carbons (Fsp3) is 0.308. The molecule has 1 N–H and O–H groups in total. The number of ether oxygens (including phenoxy) is 1. The summed E-state index contributed by atoms with van der Waals surface area (Å²) in [4.78, 5) is 11.0. The molecule has 1 aliphatic rings. The van der Waals surface area contributed by atoms with Crippen LogP contribution < -0.4 is 4.74 Å². The summed E-state index contributed by atoms with van der Waals surface area (Å²) in [6, 6.07) is 4.26. The van der Waals surface area contributed by atoms with Gasteiger partial charge < -0.3 is 9.84 Å². The van der Waals surface area contributed by atoms with Gasteiger partial charge in [-0.15, -0.1) is 6.42 Å². The second kappa shape index (κ2) is 4.50. The first-order valence-corrected chi connectivity index (χ1v) is 5.38. The fourth-order valence-electron chi connectivity index (χ4n) is 2.02. The van der Waals surface area contributed by atoms with Crippen LogP contribution in [0.25, 0.3) is 0 Å².